The van der Waals surface area contributed by atoms with E-state index in [0.29, 0.717) is 38.5 Å². The predicted octanol–water partition coefficient (Wildman–Crippen LogP) is 6.17. The Morgan fingerprint density at radius 3 is 2.53 bits per heavy atom. The molecule has 9 heteroatoms. The van der Waals surface area contributed by atoms with Crippen molar-refractivity contribution in [2.24, 2.45) is 0 Å². The van der Waals surface area contributed by atoms with Crippen molar-refractivity contribution in [1.29, 1.82) is 0 Å². The Labute approximate surface area is 216 Å². The highest BCUT2D eigenvalue weighted by atomic mass is 35.5. The highest BCUT2D eigenvalue weighted by molar-refractivity contribution is 6.35. The van der Waals surface area contributed by atoms with E-state index in [4.69, 9.17) is 27.9 Å². The third-order valence-corrected chi connectivity index (χ3v) is 6.17. The number of amides is 3. The van der Waals surface area contributed by atoms with Gasteiger partial charge in [-0.2, -0.15) is 0 Å². The van der Waals surface area contributed by atoms with Crippen LogP contribution in [-0.2, 0) is 14.4 Å². The SMILES string of the molecule is O=C(COc1ccc(Cl)cc1Cl)Nc1ccc(N2C(=O)CC(=O)Nc3c2ccc2ccccc32)cc1. The molecule has 2 N–H and O–H groups in total. The van der Waals surface area contributed by atoms with E-state index in [1.165, 1.54) is 11.0 Å². The lowest BCUT2D eigenvalue weighted by Crippen LogP contribution is -2.26. The molecule has 4 aromatic carbocycles. The number of ether oxygens (including phenoxy) is 1. The van der Waals surface area contributed by atoms with E-state index in [-0.39, 0.29) is 30.7 Å². The van der Waals surface area contributed by atoms with Gasteiger partial charge in [0.05, 0.1) is 16.4 Å². The minimum Gasteiger partial charge on any atom is -0.482 e. The molecule has 5 rings (SSSR count). The molecule has 180 valence electrons. The average molecular weight is 520 g/mol. The maximum absolute atomic E-state index is 13.0. The summed E-state index contributed by atoms with van der Waals surface area (Å²) < 4.78 is 5.46. The number of rotatable bonds is 5. The van der Waals surface area contributed by atoms with Crippen molar-refractivity contribution < 1.29 is 19.1 Å². The number of hydrogen-bond donors (Lipinski definition) is 2. The number of hydrogen-bond acceptors (Lipinski definition) is 4. The molecular weight excluding hydrogens is 501 g/mol. The molecule has 0 atom stereocenters. The second kappa shape index (κ2) is 9.89. The number of halogens is 2. The number of nitrogens with zero attached hydrogens (tertiary/aromatic N) is 1. The molecule has 0 fully saturated rings. The van der Waals surface area contributed by atoms with Crippen LogP contribution < -0.4 is 20.3 Å². The standard InChI is InChI=1S/C27H19Cl2N3O4/c28-17-6-12-23(21(29)13-17)36-15-25(34)30-18-7-9-19(10-8-18)32-22-11-5-16-3-1-2-4-20(16)27(22)31-24(33)14-26(32)35/h1-13H,14-15H2,(H,30,34)(H,31,33). The first kappa shape index (κ1) is 23.7. The van der Waals surface area contributed by atoms with Crippen LogP contribution in [0, 0.1) is 0 Å². The Hall–Kier alpha value is -4.07. The fourth-order valence-corrected chi connectivity index (χ4v) is 4.48. The molecule has 0 saturated carbocycles. The molecule has 36 heavy (non-hydrogen) atoms. The Morgan fingerprint density at radius 1 is 0.972 bits per heavy atom. The van der Waals surface area contributed by atoms with Gasteiger partial charge >= 0.3 is 0 Å². The van der Waals surface area contributed by atoms with Crippen molar-refractivity contribution in [3.8, 4) is 5.75 Å². The van der Waals surface area contributed by atoms with E-state index in [0.717, 1.165) is 10.8 Å². The van der Waals surface area contributed by atoms with E-state index in [9.17, 15) is 14.4 Å². The predicted molar refractivity (Wildman–Crippen MR) is 141 cm³/mol. The van der Waals surface area contributed by atoms with Gasteiger partial charge in [0.15, 0.2) is 6.61 Å². The monoisotopic (exact) mass is 519 g/mol. The van der Waals surface area contributed by atoms with Gasteiger partial charge in [-0.25, -0.2) is 0 Å². The van der Waals surface area contributed by atoms with Crippen molar-refractivity contribution in [2.45, 2.75) is 6.42 Å². The summed E-state index contributed by atoms with van der Waals surface area (Å²) in [4.78, 5) is 39.3. The van der Waals surface area contributed by atoms with Gasteiger partial charge in [-0.3, -0.25) is 19.3 Å². The Kier molecular flexibility index (Phi) is 6.50. The quantitative estimate of drug-likeness (QED) is 0.308. The van der Waals surface area contributed by atoms with Crippen LogP contribution in [0.15, 0.2) is 78.9 Å². The maximum atomic E-state index is 13.0. The van der Waals surface area contributed by atoms with Crippen LogP contribution in [0.3, 0.4) is 0 Å². The molecule has 1 aliphatic heterocycles. The fourth-order valence-electron chi connectivity index (χ4n) is 4.02. The highest BCUT2D eigenvalue weighted by Gasteiger charge is 2.28. The van der Waals surface area contributed by atoms with E-state index >= 15 is 0 Å². The highest BCUT2D eigenvalue weighted by Crippen LogP contribution is 2.40. The molecule has 7 nitrogen and oxygen atoms in total. The summed E-state index contributed by atoms with van der Waals surface area (Å²) in [6.07, 6.45) is -0.286. The smallest absolute Gasteiger partial charge is 0.262 e. The van der Waals surface area contributed by atoms with Crippen molar-refractivity contribution in [3.05, 3.63) is 88.9 Å². The third-order valence-electron chi connectivity index (χ3n) is 5.64. The number of anilines is 4. The molecule has 0 aliphatic carbocycles. The summed E-state index contributed by atoms with van der Waals surface area (Å²) in [7, 11) is 0. The molecule has 0 bridgehead atoms. The summed E-state index contributed by atoms with van der Waals surface area (Å²) >= 11 is 11.9. The zero-order valence-electron chi connectivity index (χ0n) is 18.8. The minimum atomic E-state index is -0.383. The summed E-state index contributed by atoms with van der Waals surface area (Å²) in [6, 6.07) is 22.9. The van der Waals surface area contributed by atoms with Gasteiger partial charge in [-0.15, -0.1) is 0 Å². The molecule has 0 unspecified atom stereocenters. The molecule has 0 aromatic heterocycles. The zero-order valence-corrected chi connectivity index (χ0v) is 20.3. The molecule has 0 spiro atoms. The van der Waals surface area contributed by atoms with Crippen molar-refractivity contribution in [3.63, 3.8) is 0 Å². The largest absolute Gasteiger partial charge is 0.482 e. The van der Waals surface area contributed by atoms with Gasteiger partial charge in [0.25, 0.3) is 5.91 Å². The van der Waals surface area contributed by atoms with Crippen molar-refractivity contribution >= 4 is 74.4 Å². The summed E-state index contributed by atoms with van der Waals surface area (Å²) in [6.45, 7) is -0.248. The normalized spacial score (nSPS) is 13.1. The first-order chi connectivity index (χ1) is 17.4. The lowest BCUT2D eigenvalue weighted by Gasteiger charge is -2.23. The van der Waals surface area contributed by atoms with Crippen LogP contribution in [0.2, 0.25) is 10.0 Å². The molecule has 0 saturated heterocycles. The van der Waals surface area contributed by atoms with E-state index in [1.54, 1.807) is 36.4 Å². The lowest BCUT2D eigenvalue weighted by atomic mass is 10.1. The lowest BCUT2D eigenvalue weighted by molar-refractivity contribution is -0.124. The number of carbonyl (C=O) groups excluding carboxylic acids is 3. The molecule has 1 heterocycles. The molecule has 3 amide bonds. The third kappa shape index (κ3) is 4.84. The number of fused-ring (bicyclic) bond motifs is 3. The number of carbonyl (C=O) groups is 3. The minimum absolute atomic E-state index is 0.248. The fraction of sp³-hybridized carbons (Fsp3) is 0.0741. The van der Waals surface area contributed by atoms with Crippen LogP contribution in [-0.4, -0.2) is 24.3 Å². The molecule has 4 aromatic rings. The van der Waals surface area contributed by atoms with Gasteiger partial charge in [-0.1, -0.05) is 53.5 Å². The Balaban J connectivity index is 1.35. The average Bonchev–Trinajstić information content (AvgIpc) is 2.98. The second-order valence-corrected chi connectivity index (χ2v) is 8.94. The van der Waals surface area contributed by atoms with Crippen LogP contribution in [0.1, 0.15) is 6.42 Å². The van der Waals surface area contributed by atoms with Crippen LogP contribution >= 0.6 is 23.2 Å². The zero-order chi connectivity index (χ0) is 25.2. The first-order valence-electron chi connectivity index (χ1n) is 11.0. The van der Waals surface area contributed by atoms with Gasteiger partial charge < -0.3 is 15.4 Å². The topological polar surface area (TPSA) is 87.7 Å². The van der Waals surface area contributed by atoms with Gasteiger partial charge in [0.2, 0.25) is 11.8 Å². The number of nitrogens with one attached hydrogen (secondary N) is 2. The molecule has 1 aliphatic rings. The van der Waals surface area contributed by atoms with E-state index in [2.05, 4.69) is 10.6 Å². The number of benzene rings is 4. The van der Waals surface area contributed by atoms with Crippen molar-refractivity contribution in [2.75, 3.05) is 22.1 Å². The van der Waals surface area contributed by atoms with E-state index in [1.807, 2.05) is 36.4 Å². The molecular formula is C27H19Cl2N3O4. The summed E-state index contributed by atoms with van der Waals surface area (Å²) in [5.74, 6) is -0.761. The van der Waals surface area contributed by atoms with E-state index < -0.39 is 0 Å². The van der Waals surface area contributed by atoms with Gasteiger partial charge in [0.1, 0.15) is 12.2 Å². The van der Waals surface area contributed by atoms with Crippen LogP contribution in [0.5, 0.6) is 5.75 Å². The van der Waals surface area contributed by atoms with Crippen LogP contribution in [0.25, 0.3) is 10.8 Å². The summed E-state index contributed by atoms with van der Waals surface area (Å²) in [5, 5.41) is 8.19. The maximum Gasteiger partial charge on any atom is 0.262 e. The Bertz CT molecular complexity index is 1510. The second-order valence-electron chi connectivity index (χ2n) is 8.09. The Morgan fingerprint density at radius 2 is 1.75 bits per heavy atom. The first-order valence-corrected chi connectivity index (χ1v) is 11.8. The van der Waals surface area contributed by atoms with Gasteiger partial charge in [-0.05, 0) is 53.9 Å². The van der Waals surface area contributed by atoms with Crippen molar-refractivity contribution in [1.82, 2.24) is 0 Å². The van der Waals surface area contributed by atoms with Gasteiger partial charge in [0, 0.05) is 21.8 Å². The summed E-state index contributed by atoms with van der Waals surface area (Å²) in [5.41, 5.74) is 2.24. The molecule has 0 radical (unpaired) electrons. The van der Waals surface area contributed by atoms with Crippen LogP contribution in [0.4, 0.5) is 22.7 Å².